The van der Waals surface area contributed by atoms with Crippen molar-refractivity contribution in [3.05, 3.63) is 40.9 Å². The zero-order chi connectivity index (χ0) is 15.5. The average molecular weight is 318 g/mol. The van der Waals surface area contributed by atoms with E-state index in [4.69, 9.17) is 17.0 Å². The van der Waals surface area contributed by atoms with Crippen LogP contribution in [0.15, 0.2) is 30.6 Å². The Hall–Kier alpha value is -1.66. The molecule has 118 valence electrons. The summed E-state index contributed by atoms with van der Waals surface area (Å²) in [5.74, 6) is 0.900. The monoisotopic (exact) mass is 318 g/mol. The molecular weight excluding hydrogens is 296 g/mol. The Balaban J connectivity index is 1.77. The first-order chi connectivity index (χ1) is 10.7. The molecule has 1 atom stereocenters. The Morgan fingerprint density at radius 1 is 1.32 bits per heavy atom. The molecule has 1 aliphatic heterocycles. The molecule has 0 amide bonds. The van der Waals surface area contributed by atoms with Crippen molar-refractivity contribution in [2.24, 2.45) is 0 Å². The summed E-state index contributed by atoms with van der Waals surface area (Å²) in [6, 6.07) is 8.81. The lowest BCUT2D eigenvalue weighted by atomic mass is 10.0. The first-order valence-corrected chi connectivity index (χ1v) is 8.14. The topological polar surface area (TPSA) is 35.2 Å². The number of aryl methyl sites for hydroxylation is 1. The fraction of sp³-hybridized carbons (Fsp3) is 0.500. The summed E-state index contributed by atoms with van der Waals surface area (Å²) in [4.78, 5) is 2.45. The predicted molar refractivity (Wildman–Crippen MR) is 88.4 cm³/mol. The van der Waals surface area contributed by atoms with Gasteiger partial charge in [-0.2, -0.15) is 5.10 Å². The largest absolute Gasteiger partial charge is 0.497 e. The standard InChI is InChI=1S/C16H22N4OS/c1-3-18-11-17-20(16(18)22)12-19-10-4-5-15(19)13-6-8-14(21-2)9-7-13/h6-9,11,15H,3-5,10,12H2,1-2H3. The van der Waals surface area contributed by atoms with Gasteiger partial charge in [-0.3, -0.25) is 4.90 Å². The van der Waals surface area contributed by atoms with Crippen LogP contribution in [0.3, 0.4) is 0 Å². The van der Waals surface area contributed by atoms with Crippen molar-refractivity contribution in [2.45, 2.75) is 39.0 Å². The molecular formula is C16H22N4OS. The molecule has 0 aliphatic carbocycles. The van der Waals surface area contributed by atoms with Crippen LogP contribution >= 0.6 is 12.2 Å². The molecule has 0 radical (unpaired) electrons. The van der Waals surface area contributed by atoms with Crippen LogP contribution in [0.25, 0.3) is 0 Å². The van der Waals surface area contributed by atoms with Gasteiger partial charge in [-0.1, -0.05) is 12.1 Å². The highest BCUT2D eigenvalue weighted by molar-refractivity contribution is 7.71. The zero-order valence-corrected chi connectivity index (χ0v) is 13.9. The average Bonchev–Trinajstić information content (AvgIpc) is 3.15. The van der Waals surface area contributed by atoms with E-state index in [1.807, 2.05) is 27.7 Å². The molecule has 1 fully saturated rings. The third-order valence-corrected chi connectivity index (χ3v) is 4.76. The SMILES string of the molecule is CCn1cnn(CN2CCCC2c2ccc(OC)cc2)c1=S. The number of nitrogens with zero attached hydrogens (tertiary/aromatic N) is 4. The van der Waals surface area contributed by atoms with Crippen LogP contribution in [-0.2, 0) is 13.2 Å². The second-order valence-corrected chi connectivity index (χ2v) is 5.95. The van der Waals surface area contributed by atoms with Gasteiger partial charge < -0.3 is 9.30 Å². The summed E-state index contributed by atoms with van der Waals surface area (Å²) >= 11 is 5.47. The predicted octanol–water partition coefficient (Wildman–Crippen LogP) is 3.24. The van der Waals surface area contributed by atoms with Crippen molar-refractivity contribution >= 4 is 12.2 Å². The molecule has 0 saturated carbocycles. The molecule has 1 aromatic heterocycles. The highest BCUT2D eigenvalue weighted by atomic mass is 32.1. The Labute approximate surface area is 136 Å². The summed E-state index contributed by atoms with van der Waals surface area (Å²) in [5, 5.41) is 4.42. The number of likely N-dealkylation sites (tertiary alicyclic amines) is 1. The molecule has 0 spiro atoms. The fourth-order valence-corrected chi connectivity index (χ4v) is 3.34. The molecule has 2 aromatic rings. The number of rotatable bonds is 5. The van der Waals surface area contributed by atoms with Crippen LogP contribution in [0.4, 0.5) is 0 Å². The zero-order valence-electron chi connectivity index (χ0n) is 13.1. The number of aromatic nitrogens is 3. The highest BCUT2D eigenvalue weighted by Gasteiger charge is 2.26. The molecule has 0 bridgehead atoms. The number of hydrogen-bond acceptors (Lipinski definition) is 4. The smallest absolute Gasteiger partial charge is 0.198 e. The van der Waals surface area contributed by atoms with Crippen LogP contribution in [-0.4, -0.2) is 32.9 Å². The van der Waals surface area contributed by atoms with Gasteiger partial charge in [0.15, 0.2) is 4.77 Å². The maximum atomic E-state index is 5.47. The quantitative estimate of drug-likeness (QED) is 0.793. The minimum Gasteiger partial charge on any atom is -0.497 e. The minimum absolute atomic E-state index is 0.430. The summed E-state index contributed by atoms with van der Waals surface area (Å²) < 4.78 is 9.95. The third kappa shape index (κ3) is 2.94. The van der Waals surface area contributed by atoms with E-state index in [2.05, 4.69) is 29.1 Å². The summed E-state index contributed by atoms with van der Waals surface area (Å²) in [7, 11) is 1.70. The van der Waals surface area contributed by atoms with E-state index >= 15 is 0 Å². The maximum absolute atomic E-state index is 5.47. The molecule has 1 aliphatic rings. The Morgan fingerprint density at radius 2 is 2.09 bits per heavy atom. The molecule has 1 unspecified atom stereocenters. The lowest BCUT2D eigenvalue weighted by Crippen LogP contribution is -2.27. The van der Waals surface area contributed by atoms with Crippen molar-refractivity contribution in [3.63, 3.8) is 0 Å². The summed E-state index contributed by atoms with van der Waals surface area (Å²) in [6.07, 6.45) is 4.20. The van der Waals surface area contributed by atoms with Gasteiger partial charge in [0.1, 0.15) is 12.1 Å². The first-order valence-electron chi connectivity index (χ1n) is 7.73. The van der Waals surface area contributed by atoms with Crippen LogP contribution < -0.4 is 4.74 Å². The van der Waals surface area contributed by atoms with Crippen LogP contribution in [0.1, 0.15) is 31.4 Å². The van der Waals surface area contributed by atoms with Gasteiger partial charge in [0.05, 0.1) is 13.8 Å². The summed E-state index contributed by atoms with van der Waals surface area (Å²) in [6.45, 7) is 4.78. The van der Waals surface area contributed by atoms with E-state index in [0.717, 1.165) is 30.3 Å². The number of ether oxygens (including phenoxy) is 1. The molecule has 22 heavy (non-hydrogen) atoms. The van der Waals surface area contributed by atoms with Gasteiger partial charge in [0.25, 0.3) is 0 Å². The van der Waals surface area contributed by atoms with Gasteiger partial charge in [-0.25, -0.2) is 4.68 Å². The molecule has 2 heterocycles. The number of benzene rings is 1. The van der Waals surface area contributed by atoms with Crippen molar-refractivity contribution in [1.82, 2.24) is 19.2 Å². The Kier molecular flexibility index (Phi) is 4.59. The van der Waals surface area contributed by atoms with Gasteiger partial charge in [-0.05, 0) is 49.7 Å². The van der Waals surface area contributed by atoms with Crippen LogP contribution in [0.5, 0.6) is 5.75 Å². The van der Waals surface area contributed by atoms with Crippen molar-refractivity contribution < 1.29 is 4.74 Å². The maximum Gasteiger partial charge on any atom is 0.198 e. The van der Waals surface area contributed by atoms with E-state index in [1.165, 1.54) is 18.4 Å². The number of hydrogen-bond donors (Lipinski definition) is 0. The molecule has 0 N–H and O–H groups in total. The molecule has 1 saturated heterocycles. The first kappa shape index (κ1) is 15.2. The minimum atomic E-state index is 0.430. The van der Waals surface area contributed by atoms with E-state index in [9.17, 15) is 0 Å². The lowest BCUT2D eigenvalue weighted by molar-refractivity contribution is 0.189. The highest BCUT2D eigenvalue weighted by Crippen LogP contribution is 2.32. The van der Waals surface area contributed by atoms with E-state index in [-0.39, 0.29) is 0 Å². The molecule has 1 aromatic carbocycles. The van der Waals surface area contributed by atoms with Gasteiger partial charge in [-0.15, -0.1) is 0 Å². The Morgan fingerprint density at radius 3 is 2.73 bits per heavy atom. The second kappa shape index (κ2) is 6.62. The van der Waals surface area contributed by atoms with Crippen LogP contribution in [0, 0.1) is 4.77 Å². The van der Waals surface area contributed by atoms with Crippen molar-refractivity contribution in [1.29, 1.82) is 0 Å². The fourth-order valence-electron chi connectivity index (χ4n) is 3.06. The van der Waals surface area contributed by atoms with Gasteiger partial charge in [0, 0.05) is 19.1 Å². The van der Waals surface area contributed by atoms with E-state index < -0.39 is 0 Å². The second-order valence-electron chi connectivity index (χ2n) is 5.58. The molecule has 6 heteroatoms. The van der Waals surface area contributed by atoms with Gasteiger partial charge >= 0.3 is 0 Å². The Bertz CT molecular complexity index is 676. The van der Waals surface area contributed by atoms with E-state index in [1.54, 1.807) is 7.11 Å². The number of methoxy groups -OCH3 is 1. The van der Waals surface area contributed by atoms with E-state index in [0.29, 0.717) is 6.04 Å². The molecule has 3 rings (SSSR count). The van der Waals surface area contributed by atoms with Gasteiger partial charge in [0.2, 0.25) is 0 Å². The lowest BCUT2D eigenvalue weighted by Gasteiger charge is -2.24. The van der Waals surface area contributed by atoms with Crippen molar-refractivity contribution in [2.75, 3.05) is 13.7 Å². The van der Waals surface area contributed by atoms with Crippen molar-refractivity contribution in [3.8, 4) is 5.75 Å². The summed E-state index contributed by atoms with van der Waals surface area (Å²) in [5.41, 5.74) is 1.33. The normalized spacial score (nSPS) is 18.7. The molecule has 5 nitrogen and oxygen atoms in total. The van der Waals surface area contributed by atoms with Crippen LogP contribution in [0.2, 0.25) is 0 Å². The third-order valence-electron chi connectivity index (χ3n) is 4.32.